The first-order valence-electron chi connectivity index (χ1n) is 6.70. The van der Waals surface area contributed by atoms with E-state index in [2.05, 4.69) is 17.4 Å². The van der Waals surface area contributed by atoms with Gasteiger partial charge in [0.05, 0.1) is 12.1 Å². The van der Waals surface area contributed by atoms with E-state index in [0.717, 1.165) is 25.9 Å². The first-order chi connectivity index (χ1) is 8.75. The molecule has 0 bridgehead atoms. The maximum atomic E-state index is 11.8. The summed E-state index contributed by atoms with van der Waals surface area (Å²) in [6.45, 7) is 2.85. The van der Waals surface area contributed by atoms with Crippen molar-refractivity contribution in [1.29, 1.82) is 0 Å². The van der Waals surface area contributed by atoms with E-state index < -0.39 is 0 Å². The molecule has 0 saturated carbocycles. The minimum Gasteiger partial charge on any atom is -0.376 e. The molecule has 2 atom stereocenters. The van der Waals surface area contributed by atoms with Crippen LogP contribution in [0.2, 0.25) is 0 Å². The van der Waals surface area contributed by atoms with Gasteiger partial charge in [-0.1, -0.05) is 30.3 Å². The van der Waals surface area contributed by atoms with Crippen LogP contribution >= 0.6 is 0 Å². The molecule has 0 aromatic heterocycles. The smallest absolute Gasteiger partial charge is 0.220 e. The summed E-state index contributed by atoms with van der Waals surface area (Å²) >= 11 is 0. The first kappa shape index (κ1) is 13.1. The van der Waals surface area contributed by atoms with Crippen LogP contribution in [-0.2, 0) is 16.0 Å². The number of aryl methyl sites for hydroxylation is 1. The summed E-state index contributed by atoms with van der Waals surface area (Å²) in [7, 11) is 0. The van der Waals surface area contributed by atoms with E-state index in [1.165, 1.54) is 5.56 Å². The number of ether oxygens (including phenoxy) is 1. The zero-order valence-corrected chi connectivity index (χ0v) is 10.9. The van der Waals surface area contributed by atoms with Gasteiger partial charge >= 0.3 is 0 Å². The fourth-order valence-electron chi connectivity index (χ4n) is 2.32. The second-order valence-corrected chi connectivity index (χ2v) is 4.89. The third kappa shape index (κ3) is 3.84. The molecular formula is C15H21NO2. The number of rotatable bonds is 5. The fraction of sp³-hybridized carbons (Fsp3) is 0.533. The van der Waals surface area contributed by atoms with E-state index in [9.17, 15) is 4.79 Å². The molecule has 0 aliphatic carbocycles. The average molecular weight is 247 g/mol. The highest BCUT2D eigenvalue weighted by Gasteiger charge is 2.23. The molecule has 1 N–H and O–H groups in total. The monoisotopic (exact) mass is 247 g/mol. The minimum atomic E-state index is 0.113. The largest absolute Gasteiger partial charge is 0.376 e. The molecule has 1 aliphatic heterocycles. The molecule has 1 aromatic carbocycles. The Morgan fingerprint density at radius 3 is 2.89 bits per heavy atom. The van der Waals surface area contributed by atoms with Crippen molar-refractivity contribution >= 4 is 5.91 Å². The Balaban J connectivity index is 1.71. The summed E-state index contributed by atoms with van der Waals surface area (Å²) < 4.78 is 5.56. The standard InChI is InChI=1S/C15H21NO2/c1-12(14-8-5-11-18-14)16-15(17)10-9-13-6-3-2-4-7-13/h2-4,6-7,12,14H,5,8-11H2,1H3,(H,16,17)/t12-,14-/m0/s1. The van der Waals surface area contributed by atoms with Gasteiger partial charge in [-0.15, -0.1) is 0 Å². The van der Waals surface area contributed by atoms with Gasteiger partial charge < -0.3 is 10.1 Å². The number of benzene rings is 1. The van der Waals surface area contributed by atoms with Gasteiger partial charge in [-0.3, -0.25) is 4.79 Å². The van der Waals surface area contributed by atoms with E-state index in [4.69, 9.17) is 4.74 Å². The van der Waals surface area contributed by atoms with E-state index in [0.29, 0.717) is 6.42 Å². The molecule has 18 heavy (non-hydrogen) atoms. The van der Waals surface area contributed by atoms with Crippen LogP contribution in [0.1, 0.15) is 31.7 Å². The van der Waals surface area contributed by atoms with Crippen molar-refractivity contribution in [2.45, 2.75) is 44.8 Å². The van der Waals surface area contributed by atoms with Gasteiger partial charge in [0, 0.05) is 13.0 Å². The van der Waals surface area contributed by atoms with Gasteiger partial charge in [-0.25, -0.2) is 0 Å². The maximum Gasteiger partial charge on any atom is 0.220 e. The van der Waals surface area contributed by atoms with Crippen LogP contribution in [0.3, 0.4) is 0 Å². The zero-order valence-electron chi connectivity index (χ0n) is 10.9. The molecule has 1 fully saturated rings. The molecule has 1 saturated heterocycles. The van der Waals surface area contributed by atoms with Crippen LogP contribution in [0.5, 0.6) is 0 Å². The normalized spacial score (nSPS) is 20.6. The SMILES string of the molecule is C[C@H](NC(=O)CCc1ccccc1)[C@@H]1CCCO1. The van der Waals surface area contributed by atoms with Crippen LogP contribution < -0.4 is 5.32 Å². The Morgan fingerprint density at radius 2 is 2.22 bits per heavy atom. The van der Waals surface area contributed by atoms with Crippen LogP contribution in [0.25, 0.3) is 0 Å². The highest BCUT2D eigenvalue weighted by atomic mass is 16.5. The molecular weight excluding hydrogens is 226 g/mol. The lowest BCUT2D eigenvalue weighted by Crippen LogP contribution is -2.40. The Morgan fingerprint density at radius 1 is 1.44 bits per heavy atom. The number of hydrogen-bond donors (Lipinski definition) is 1. The Bertz CT molecular complexity index is 371. The van der Waals surface area contributed by atoms with E-state index in [1.54, 1.807) is 0 Å². The minimum absolute atomic E-state index is 0.113. The van der Waals surface area contributed by atoms with Crippen LogP contribution in [-0.4, -0.2) is 24.7 Å². The lowest BCUT2D eigenvalue weighted by atomic mass is 10.1. The molecule has 2 rings (SSSR count). The quantitative estimate of drug-likeness (QED) is 0.867. The Hall–Kier alpha value is -1.35. The average Bonchev–Trinajstić information content (AvgIpc) is 2.91. The molecule has 0 spiro atoms. The van der Waals surface area contributed by atoms with Crippen LogP contribution in [0.15, 0.2) is 30.3 Å². The van der Waals surface area contributed by atoms with Crippen molar-refractivity contribution in [2.24, 2.45) is 0 Å². The topological polar surface area (TPSA) is 38.3 Å². The van der Waals surface area contributed by atoms with Crippen molar-refractivity contribution in [3.63, 3.8) is 0 Å². The van der Waals surface area contributed by atoms with Gasteiger partial charge in [0.15, 0.2) is 0 Å². The summed E-state index contributed by atoms with van der Waals surface area (Å²) in [6, 6.07) is 10.2. The number of carbonyl (C=O) groups is 1. The molecule has 0 radical (unpaired) electrons. The van der Waals surface area contributed by atoms with E-state index in [-0.39, 0.29) is 18.1 Å². The summed E-state index contributed by atoms with van der Waals surface area (Å²) in [5.74, 6) is 0.113. The van der Waals surface area contributed by atoms with Crippen LogP contribution in [0, 0.1) is 0 Å². The van der Waals surface area contributed by atoms with Crippen molar-refractivity contribution in [3.05, 3.63) is 35.9 Å². The predicted octanol–water partition coefficient (Wildman–Crippen LogP) is 2.30. The molecule has 3 heteroatoms. The summed E-state index contributed by atoms with van der Waals surface area (Å²) in [6.07, 6.45) is 3.70. The molecule has 1 heterocycles. The summed E-state index contributed by atoms with van der Waals surface area (Å²) in [4.78, 5) is 11.8. The number of amides is 1. The van der Waals surface area contributed by atoms with E-state index in [1.807, 2.05) is 25.1 Å². The molecule has 1 amide bonds. The third-order valence-electron chi connectivity index (χ3n) is 3.39. The highest BCUT2D eigenvalue weighted by Crippen LogP contribution is 2.15. The lowest BCUT2D eigenvalue weighted by Gasteiger charge is -2.19. The summed E-state index contributed by atoms with van der Waals surface area (Å²) in [5.41, 5.74) is 1.21. The Kier molecular flexibility index (Phi) is 4.76. The zero-order chi connectivity index (χ0) is 12.8. The molecule has 0 unspecified atom stereocenters. The summed E-state index contributed by atoms with van der Waals surface area (Å²) in [5, 5.41) is 3.03. The highest BCUT2D eigenvalue weighted by molar-refractivity contribution is 5.76. The molecule has 1 aliphatic rings. The first-order valence-corrected chi connectivity index (χ1v) is 6.70. The molecule has 3 nitrogen and oxygen atoms in total. The predicted molar refractivity (Wildman–Crippen MR) is 71.3 cm³/mol. The Labute approximate surface area is 109 Å². The number of carbonyl (C=O) groups excluding carboxylic acids is 1. The third-order valence-corrected chi connectivity index (χ3v) is 3.39. The van der Waals surface area contributed by atoms with Crippen molar-refractivity contribution in [1.82, 2.24) is 5.32 Å². The van der Waals surface area contributed by atoms with Gasteiger partial charge in [0.2, 0.25) is 5.91 Å². The van der Waals surface area contributed by atoms with Crippen molar-refractivity contribution in [3.8, 4) is 0 Å². The maximum absolute atomic E-state index is 11.8. The number of hydrogen-bond acceptors (Lipinski definition) is 2. The second kappa shape index (κ2) is 6.55. The van der Waals surface area contributed by atoms with Gasteiger partial charge in [-0.2, -0.15) is 0 Å². The van der Waals surface area contributed by atoms with Crippen molar-refractivity contribution in [2.75, 3.05) is 6.61 Å². The van der Waals surface area contributed by atoms with Gasteiger partial charge in [0.1, 0.15) is 0 Å². The number of nitrogens with one attached hydrogen (secondary N) is 1. The van der Waals surface area contributed by atoms with Crippen LogP contribution in [0.4, 0.5) is 0 Å². The lowest BCUT2D eigenvalue weighted by molar-refractivity contribution is -0.122. The van der Waals surface area contributed by atoms with Gasteiger partial charge in [0.25, 0.3) is 0 Å². The molecule has 1 aromatic rings. The van der Waals surface area contributed by atoms with Gasteiger partial charge in [-0.05, 0) is 31.7 Å². The second-order valence-electron chi connectivity index (χ2n) is 4.89. The molecule has 98 valence electrons. The van der Waals surface area contributed by atoms with Crippen molar-refractivity contribution < 1.29 is 9.53 Å². The fourth-order valence-corrected chi connectivity index (χ4v) is 2.32. The van der Waals surface area contributed by atoms with E-state index >= 15 is 0 Å².